The third-order valence-corrected chi connectivity index (χ3v) is 3.73. The van der Waals surface area contributed by atoms with Crippen molar-refractivity contribution in [3.63, 3.8) is 0 Å². The van der Waals surface area contributed by atoms with Crippen LogP contribution in [0.1, 0.15) is 40.0 Å². The van der Waals surface area contributed by atoms with E-state index in [2.05, 4.69) is 29.5 Å². The van der Waals surface area contributed by atoms with E-state index in [1.165, 1.54) is 19.4 Å². The Morgan fingerprint density at radius 2 is 2.18 bits per heavy atom. The van der Waals surface area contributed by atoms with E-state index in [9.17, 15) is 4.79 Å². The molecule has 4 heteroatoms. The van der Waals surface area contributed by atoms with Crippen LogP contribution in [0.25, 0.3) is 0 Å². The molecule has 1 aliphatic heterocycles. The first kappa shape index (κ1) is 14.5. The minimum absolute atomic E-state index is 0.0991. The van der Waals surface area contributed by atoms with E-state index in [0.717, 1.165) is 13.0 Å². The summed E-state index contributed by atoms with van der Waals surface area (Å²) in [6, 6.07) is 0.757. The summed E-state index contributed by atoms with van der Waals surface area (Å²) in [6.07, 6.45) is 3.49. The summed E-state index contributed by atoms with van der Waals surface area (Å²) in [5.41, 5.74) is 0. The fraction of sp³-hybridized carbons (Fsp3) is 0.923. The molecular formula is C13H27N3O. The molecule has 4 nitrogen and oxygen atoms in total. The second-order valence-corrected chi connectivity index (χ2v) is 5.22. The molecular weight excluding hydrogens is 214 g/mol. The molecule has 2 N–H and O–H groups in total. The number of likely N-dealkylation sites (N-methyl/N-ethyl adjacent to an activating group) is 1. The van der Waals surface area contributed by atoms with Gasteiger partial charge < -0.3 is 15.5 Å². The zero-order valence-electron chi connectivity index (χ0n) is 11.6. The molecule has 0 aromatic heterocycles. The Balaban J connectivity index is 2.24. The minimum Gasteiger partial charge on any atom is -0.352 e. The number of rotatable bonds is 6. The molecule has 0 saturated carbocycles. The molecule has 0 aromatic carbocycles. The quantitative estimate of drug-likeness (QED) is 0.728. The van der Waals surface area contributed by atoms with Crippen LogP contribution in [0.2, 0.25) is 0 Å². The normalized spacial score (nSPS) is 24.6. The van der Waals surface area contributed by atoms with Gasteiger partial charge in [0.05, 0.1) is 6.04 Å². The third kappa shape index (κ3) is 4.64. The molecule has 3 unspecified atom stereocenters. The van der Waals surface area contributed by atoms with E-state index in [0.29, 0.717) is 6.04 Å². The Kier molecular flexibility index (Phi) is 5.92. The zero-order valence-corrected chi connectivity index (χ0v) is 11.6. The number of amides is 1. The third-order valence-electron chi connectivity index (χ3n) is 3.73. The molecule has 100 valence electrons. The number of hydrogen-bond acceptors (Lipinski definition) is 3. The Morgan fingerprint density at radius 1 is 1.47 bits per heavy atom. The second kappa shape index (κ2) is 6.97. The van der Waals surface area contributed by atoms with E-state index in [-0.39, 0.29) is 18.0 Å². The number of carbonyl (C=O) groups excluding carboxylic acids is 1. The molecule has 0 aliphatic carbocycles. The van der Waals surface area contributed by atoms with Crippen molar-refractivity contribution in [2.75, 3.05) is 20.1 Å². The smallest absolute Gasteiger partial charge is 0.237 e. The van der Waals surface area contributed by atoms with Gasteiger partial charge in [-0.2, -0.15) is 0 Å². The Bertz CT molecular complexity index is 245. The molecule has 17 heavy (non-hydrogen) atoms. The van der Waals surface area contributed by atoms with Crippen molar-refractivity contribution < 1.29 is 4.79 Å². The monoisotopic (exact) mass is 241 g/mol. The largest absolute Gasteiger partial charge is 0.352 e. The number of hydrogen-bond donors (Lipinski definition) is 2. The first-order valence-electron chi connectivity index (χ1n) is 6.78. The van der Waals surface area contributed by atoms with Gasteiger partial charge in [-0.3, -0.25) is 4.79 Å². The maximum Gasteiger partial charge on any atom is 0.237 e. The van der Waals surface area contributed by atoms with Crippen molar-refractivity contribution >= 4 is 5.91 Å². The minimum atomic E-state index is -0.0991. The fourth-order valence-corrected chi connectivity index (χ4v) is 2.11. The maximum atomic E-state index is 11.8. The van der Waals surface area contributed by atoms with Crippen LogP contribution < -0.4 is 10.6 Å². The van der Waals surface area contributed by atoms with Crippen LogP contribution >= 0.6 is 0 Å². The summed E-state index contributed by atoms with van der Waals surface area (Å²) in [6.45, 7) is 8.14. The molecule has 1 amide bonds. The summed E-state index contributed by atoms with van der Waals surface area (Å²) in [5.74, 6) is 0.111. The average Bonchev–Trinajstić information content (AvgIpc) is 2.71. The first-order valence-corrected chi connectivity index (χ1v) is 6.78. The molecule has 1 fully saturated rings. The predicted octanol–water partition coefficient (Wildman–Crippen LogP) is 0.973. The molecule has 0 bridgehead atoms. The molecule has 0 spiro atoms. The van der Waals surface area contributed by atoms with Crippen molar-refractivity contribution in [1.29, 1.82) is 0 Å². The van der Waals surface area contributed by atoms with E-state index in [1.807, 2.05) is 13.8 Å². The van der Waals surface area contributed by atoms with Crippen molar-refractivity contribution in [1.82, 2.24) is 15.5 Å². The molecule has 1 rings (SSSR count). The fourth-order valence-electron chi connectivity index (χ4n) is 2.11. The molecule has 1 aliphatic rings. The van der Waals surface area contributed by atoms with Gasteiger partial charge in [0.15, 0.2) is 0 Å². The van der Waals surface area contributed by atoms with Gasteiger partial charge in [-0.1, -0.05) is 6.92 Å². The van der Waals surface area contributed by atoms with Crippen LogP contribution in [0.15, 0.2) is 0 Å². The second-order valence-electron chi connectivity index (χ2n) is 5.22. The highest BCUT2D eigenvalue weighted by Gasteiger charge is 2.22. The lowest BCUT2D eigenvalue weighted by molar-refractivity contribution is -0.123. The number of likely N-dealkylation sites (tertiary alicyclic amines) is 1. The van der Waals surface area contributed by atoms with Crippen LogP contribution in [0.5, 0.6) is 0 Å². The summed E-state index contributed by atoms with van der Waals surface area (Å²) in [4.78, 5) is 14.2. The molecule has 1 heterocycles. The van der Waals surface area contributed by atoms with Crippen molar-refractivity contribution in [2.24, 2.45) is 0 Å². The van der Waals surface area contributed by atoms with E-state index in [1.54, 1.807) is 0 Å². The number of nitrogens with one attached hydrogen (secondary N) is 2. The van der Waals surface area contributed by atoms with E-state index >= 15 is 0 Å². The van der Waals surface area contributed by atoms with Gasteiger partial charge in [0, 0.05) is 18.6 Å². The summed E-state index contributed by atoms with van der Waals surface area (Å²) >= 11 is 0. The SMILES string of the molecule is CCC(C)NC(=O)C(C)NCC1CCCN1C. The number of carbonyl (C=O) groups is 1. The highest BCUT2D eigenvalue weighted by atomic mass is 16.2. The van der Waals surface area contributed by atoms with Gasteiger partial charge in [0.2, 0.25) is 5.91 Å². The summed E-state index contributed by atoms with van der Waals surface area (Å²) < 4.78 is 0. The maximum absolute atomic E-state index is 11.8. The van der Waals surface area contributed by atoms with Gasteiger partial charge >= 0.3 is 0 Å². The summed E-state index contributed by atoms with van der Waals surface area (Å²) in [7, 11) is 2.16. The van der Waals surface area contributed by atoms with Crippen LogP contribution in [-0.4, -0.2) is 49.1 Å². The highest BCUT2D eigenvalue weighted by Crippen LogP contribution is 2.13. The lowest BCUT2D eigenvalue weighted by Crippen LogP contribution is -2.48. The Morgan fingerprint density at radius 3 is 2.71 bits per heavy atom. The van der Waals surface area contributed by atoms with E-state index in [4.69, 9.17) is 0 Å². The van der Waals surface area contributed by atoms with Crippen molar-refractivity contribution in [3.05, 3.63) is 0 Å². The number of nitrogens with zero attached hydrogens (tertiary/aromatic N) is 1. The molecule has 0 radical (unpaired) electrons. The van der Waals surface area contributed by atoms with Crippen LogP contribution in [-0.2, 0) is 4.79 Å². The summed E-state index contributed by atoms with van der Waals surface area (Å²) in [5, 5.41) is 6.33. The molecule has 1 saturated heterocycles. The zero-order chi connectivity index (χ0) is 12.8. The van der Waals surface area contributed by atoms with Gasteiger partial charge in [-0.05, 0) is 46.7 Å². The van der Waals surface area contributed by atoms with Crippen LogP contribution in [0.3, 0.4) is 0 Å². The average molecular weight is 241 g/mol. The van der Waals surface area contributed by atoms with E-state index < -0.39 is 0 Å². The Labute approximate surface area is 105 Å². The van der Waals surface area contributed by atoms with Gasteiger partial charge in [0.25, 0.3) is 0 Å². The van der Waals surface area contributed by atoms with Gasteiger partial charge in [-0.25, -0.2) is 0 Å². The molecule has 0 aromatic rings. The predicted molar refractivity (Wildman–Crippen MR) is 71.0 cm³/mol. The first-order chi connectivity index (χ1) is 8.04. The standard InChI is InChI=1S/C13H27N3O/c1-5-10(2)15-13(17)11(3)14-9-12-7-6-8-16(12)4/h10-12,14H,5-9H2,1-4H3,(H,15,17). The van der Waals surface area contributed by atoms with Crippen LogP contribution in [0, 0.1) is 0 Å². The van der Waals surface area contributed by atoms with Gasteiger partial charge in [0.1, 0.15) is 0 Å². The lowest BCUT2D eigenvalue weighted by Gasteiger charge is -2.23. The van der Waals surface area contributed by atoms with Crippen LogP contribution in [0.4, 0.5) is 0 Å². The lowest BCUT2D eigenvalue weighted by atomic mass is 10.2. The van der Waals surface area contributed by atoms with Crippen molar-refractivity contribution in [3.8, 4) is 0 Å². The van der Waals surface area contributed by atoms with Crippen molar-refractivity contribution in [2.45, 2.75) is 58.2 Å². The Hall–Kier alpha value is -0.610. The topological polar surface area (TPSA) is 44.4 Å². The highest BCUT2D eigenvalue weighted by molar-refractivity contribution is 5.81. The molecule has 3 atom stereocenters. The van der Waals surface area contributed by atoms with Gasteiger partial charge in [-0.15, -0.1) is 0 Å².